The number of hydrogen-bond donors (Lipinski definition) is 2. The minimum Gasteiger partial charge on any atom is -0.465 e. The number of aryl methyl sites for hydroxylation is 1. The number of methoxy groups -OCH3 is 1. The molecule has 0 aliphatic carbocycles. The second-order valence-electron chi connectivity index (χ2n) is 6.54. The number of amides is 2. The zero-order chi connectivity index (χ0) is 21.8. The highest BCUT2D eigenvalue weighted by Gasteiger charge is 2.26. The summed E-state index contributed by atoms with van der Waals surface area (Å²) < 4.78 is 18.2. The predicted molar refractivity (Wildman–Crippen MR) is 114 cm³/mol. The smallest absolute Gasteiger partial charge is 0.341 e. The largest absolute Gasteiger partial charge is 0.465 e. The quantitative estimate of drug-likeness (QED) is 0.574. The summed E-state index contributed by atoms with van der Waals surface area (Å²) in [5.41, 5.74) is 2.14. The number of rotatable bonds is 5. The average Bonchev–Trinajstić information content (AvgIpc) is 3.03. The van der Waals surface area contributed by atoms with Crippen molar-refractivity contribution in [2.45, 2.75) is 13.8 Å². The van der Waals surface area contributed by atoms with Gasteiger partial charge < -0.3 is 15.4 Å². The third-order valence-electron chi connectivity index (χ3n) is 4.33. The maximum Gasteiger partial charge on any atom is 0.341 e. The Balaban J connectivity index is 1.94. The van der Waals surface area contributed by atoms with Gasteiger partial charge in [0, 0.05) is 11.3 Å². The molecule has 2 amide bonds. The summed E-state index contributed by atoms with van der Waals surface area (Å²) >= 11 is 0.950. The molecule has 6 nitrogen and oxygen atoms in total. The molecular weight excluding hydrogens is 407 g/mol. The molecule has 0 unspecified atom stereocenters. The lowest BCUT2D eigenvalue weighted by Crippen LogP contribution is -2.14. The normalized spacial score (nSPS) is 10.4. The van der Waals surface area contributed by atoms with Crippen molar-refractivity contribution in [3.05, 3.63) is 81.5 Å². The highest BCUT2D eigenvalue weighted by atomic mass is 32.1. The summed E-state index contributed by atoms with van der Waals surface area (Å²) in [6.45, 7) is 3.51. The van der Waals surface area contributed by atoms with Crippen LogP contribution in [0.2, 0.25) is 0 Å². The number of benzene rings is 2. The summed E-state index contributed by atoms with van der Waals surface area (Å²) in [5, 5.41) is 5.53. The number of nitrogens with one attached hydrogen (secondary N) is 2. The van der Waals surface area contributed by atoms with Gasteiger partial charge in [-0.2, -0.15) is 0 Å². The van der Waals surface area contributed by atoms with Gasteiger partial charge in [-0.3, -0.25) is 9.59 Å². The lowest BCUT2D eigenvalue weighted by molar-refractivity contribution is 0.0601. The van der Waals surface area contributed by atoms with E-state index < -0.39 is 23.6 Å². The lowest BCUT2D eigenvalue weighted by Gasteiger charge is -2.06. The average molecular weight is 426 g/mol. The number of hydrogen-bond acceptors (Lipinski definition) is 5. The summed E-state index contributed by atoms with van der Waals surface area (Å²) in [7, 11) is 1.21. The molecule has 1 heterocycles. The van der Waals surface area contributed by atoms with E-state index in [1.54, 1.807) is 13.0 Å². The van der Waals surface area contributed by atoms with Crippen LogP contribution in [0.25, 0.3) is 0 Å². The first-order valence-electron chi connectivity index (χ1n) is 8.96. The minimum atomic E-state index is -0.687. The summed E-state index contributed by atoms with van der Waals surface area (Å²) in [4.78, 5) is 37.9. The van der Waals surface area contributed by atoms with Crippen molar-refractivity contribution in [1.29, 1.82) is 0 Å². The van der Waals surface area contributed by atoms with Crippen molar-refractivity contribution in [2.75, 3.05) is 17.7 Å². The van der Waals surface area contributed by atoms with Crippen LogP contribution in [0, 0.1) is 19.7 Å². The Labute approximate surface area is 176 Å². The van der Waals surface area contributed by atoms with Crippen molar-refractivity contribution in [3.8, 4) is 0 Å². The van der Waals surface area contributed by atoms with E-state index in [2.05, 4.69) is 10.6 Å². The van der Waals surface area contributed by atoms with Gasteiger partial charge in [0.05, 0.1) is 17.6 Å². The maximum absolute atomic E-state index is 13.4. The van der Waals surface area contributed by atoms with Gasteiger partial charge in [0.2, 0.25) is 0 Å². The van der Waals surface area contributed by atoms with Gasteiger partial charge in [-0.15, -0.1) is 11.3 Å². The van der Waals surface area contributed by atoms with Crippen LogP contribution < -0.4 is 10.6 Å². The monoisotopic (exact) mass is 426 g/mol. The lowest BCUT2D eigenvalue weighted by atomic mass is 10.1. The number of thiophene rings is 1. The fraction of sp³-hybridized carbons (Fsp3) is 0.136. The van der Waals surface area contributed by atoms with Gasteiger partial charge in [0.25, 0.3) is 11.8 Å². The first-order chi connectivity index (χ1) is 14.3. The van der Waals surface area contributed by atoms with Crippen molar-refractivity contribution in [3.63, 3.8) is 0 Å². The van der Waals surface area contributed by atoms with Crippen molar-refractivity contribution in [1.82, 2.24) is 0 Å². The van der Waals surface area contributed by atoms with E-state index in [4.69, 9.17) is 4.74 Å². The molecule has 0 saturated carbocycles. The maximum atomic E-state index is 13.4. The fourth-order valence-electron chi connectivity index (χ4n) is 2.88. The van der Waals surface area contributed by atoms with Crippen molar-refractivity contribution in [2.24, 2.45) is 0 Å². The molecule has 8 heteroatoms. The third kappa shape index (κ3) is 4.55. The topological polar surface area (TPSA) is 84.5 Å². The van der Waals surface area contributed by atoms with Crippen LogP contribution in [0.4, 0.5) is 15.1 Å². The van der Waals surface area contributed by atoms with Crippen molar-refractivity contribution < 1.29 is 23.5 Å². The molecule has 30 heavy (non-hydrogen) atoms. The van der Waals surface area contributed by atoms with Crippen LogP contribution in [-0.2, 0) is 4.74 Å². The van der Waals surface area contributed by atoms with E-state index in [-0.39, 0.29) is 21.0 Å². The van der Waals surface area contributed by atoms with Crippen LogP contribution in [-0.4, -0.2) is 24.9 Å². The highest BCUT2D eigenvalue weighted by molar-refractivity contribution is 7.19. The zero-order valence-electron chi connectivity index (χ0n) is 16.5. The molecule has 0 fully saturated rings. The Morgan fingerprint density at radius 3 is 2.37 bits per heavy atom. The van der Waals surface area contributed by atoms with E-state index in [0.29, 0.717) is 11.3 Å². The summed E-state index contributed by atoms with van der Waals surface area (Å²) in [6.07, 6.45) is 0. The Morgan fingerprint density at radius 1 is 0.967 bits per heavy atom. The number of carbonyl (C=O) groups is 3. The Kier molecular flexibility index (Phi) is 6.27. The summed E-state index contributed by atoms with van der Waals surface area (Å²) in [5.74, 6) is -2.27. The van der Waals surface area contributed by atoms with Crippen LogP contribution in [0.1, 0.15) is 41.5 Å². The number of anilines is 2. The van der Waals surface area contributed by atoms with Gasteiger partial charge in [-0.1, -0.05) is 18.2 Å². The Hall–Kier alpha value is -3.52. The fourth-order valence-corrected chi connectivity index (χ4v) is 3.97. The molecule has 3 rings (SSSR count). The molecule has 3 aromatic rings. The van der Waals surface area contributed by atoms with Crippen LogP contribution >= 0.6 is 11.3 Å². The van der Waals surface area contributed by atoms with Crippen LogP contribution in [0.15, 0.2) is 48.5 Å². The molecule has 2 aromatic carbocycles. The Bertz CT molecular complexity index is 1140. The number of esters is 1. The summed E-state index contributed by atoms with van der Waals surface area (Å²) in [6, 6.07) is 12.4. The second-order valence-corrected chi connectivity index (χ2v) is 7.56. The molecule has 2 N–H and O–H groups in total. The number of carbonyl (C=O) groups excluding carboxylic acids is 3. The molecule has 0 atom stereocenters. The standard InChI is InChI=1S/C22H19FN2O4S/c1-12-6-4-9-16(10-12)24-20(27)18-13(2)17(22(28)29-3)21(30-18)25-19(26)14-7-5-8-15(23)11-14/h4-11H,1-3H3,(H,24,27)(H,25,26). The van der Waals surface area contributed by atoms with Gasteiger partial charge in [-0.05, 0) is 55.3 Å². The SMILES string of the molecule is COC(=O)c1c(NC(=O)c2cccc(F)c2)sc(C(=O)Nc2cccc(C)c2)c1C. The van der Waals surface area contributed by atoms with Gasteiger partial charge in [-0.25, -0.2) is 9.18 Å². The van der Waals surface area contributed by atoms with Crippen LogP contribution in [0.3, 0.4) is 0 Å². The Morgan fingerprint density at radius 2 is 1.70 bits per heavy atom. The molecule has 0 aliphatic rings. The van der Waals surface area contributed by atoms with E-state index >= 15 is 0 Å². The second kappa shape index (κ2) is 8.87. The molecular formula is C22H19FN2O4S. The number of ether oxygens (including phenoxy) is 1. The first-order valence-corrected chi connectivity index (χ1v) is 9.78. The highest BCUT2D eigenvalue weighted by Crippen LogP contribution is 2.34. The first kappa shape index (κ1) is 21.2. The molecule has 0 radical (unpaired) electrons. The molecule has 154 valence electrons. The minimum absolute atomic E-state index is 0.0849. The van der Waals surface area contributed by atoms with Gasteiger partial charge in [0.15, 0.2) is 0 Å². The molecule has 0 aliphatic heterocycles. The zero-order valence-corrected chi connectivity index (χ0v) is 17.4. The third-order valence-corrected chi connectivity index (χ3v) is 5.54. The molecule has 1 aromatic heterocycles. The molecule has 0 bridgehead atoms. The van der Waals surface area contributed by atoms with Crippen LogP contribution in [0.5, 0.6) is 0 Å². The number of halogens is 1. The van der Waals surface area contributed by atoms with Gasteiger partial charge in [0.1, 0.15) is 10.8 Å². The van der Waals surface area contributed by atoms with Gasteiger partial charge >= 0.3 is 5.97 Å². The van der Waals surface area contributed by atoms with Crippen molar-refractivity contribution >= 4 is 39.8 Å². The molecule has 0 saturated heterocycles. The van der Waals surface area contributed by atoms with E-state index in [1.165, 1.54) is 25.3 Å². The van der Waals surface area contributed by atoms with E-state index in [0.717, 1.165) is 23.0 Å². The van der Waals surface area contributed by atoms with E-state index in [1.807, 2.05) is 25.1 Å². The predicted octanol–water partition coefficient (Wildman–Crippen LogP) is 4.80. The van der Waals surface area contributed by atoms with E-state index in [9.17, 15) is 18.8 Å². The molecule has 0 spiro atoms.